The summed E-state index contributed by atoms with van der Waals surface area (Å²) < 4.78 is 5.98. The van der Waals surface area contributed by atoms with E-state index in [0.29, 0.717) is 5.71 Å². The van der Waals surface area contributed by atoms with Crippen LogP contribution in [0.5, 0.6) is 0 Å². The van der Waals surface area contributed by atoms with Gasteiger partial charge in [0.15, 0.2) is 0 Å². The first kappa shape index (κ1) is 16.7. The fourth-order valence-electron chi connectivity index (χ4n) is 1.76. The van der Waals surface area contributed by atoms with E-state index in [1.165, 1.54) is 0 Å². The summed E-state index contributed by atoms with van der Waals surface area (Å²) in [7, 11) is 1.81. The van der Waals surface area contributed by atoms with E-state index < -0.39 is 11.2 Å². The van der Waals surface area contributed by atoms with Crippen LogP contribution in [0.15, 0.2) is 35.5 Å². The van der Waals surface area contributed by atoms with Crippen molar-refractivity contribution in [1.29, 1.82) is 5.41 Å². The maximum Gasteiger partial charge on any atom is 0.324 e. The van der Waals surface area contributed by atoms with Crippen LogP contribution >= 0.6 is 0 Å². The Morgan fingerprint density at radius 1 is 1.30 bits per heavy atom. The highest BCUT2D eigenvalue weighted by Crippen LogP contribution is 2.28. The molecular weight excluding hydrogens is 251 g/mol. The van der Waals surface area contributed by atoms with Crippen LogP contribution < -0.4 is 5.32 Å². The van der Waals surface area contributed by atoms with Gasteiger partial charge in [0.2, 0.25) is 0 Å². The number of hydrogen-bond acceptors (Lipinski definition) is 4. The molecule has 110 valence electrons. The van der Waals surface area contributed by atoms with Crippen LogP contribution in [0.3, 0.4) is 0 Å². The molecule has 1 aliphatic rings. The van der Waals surface area contributed by atoms with E-state index in [4.69, 9.17) is 10.1 Å². The summed E-state index contributed by atoms with van der Waals surface area (Å²) in [5.74, 6) is 0. The largest absolute Gasteiger partial charge is 0.423 e. The minimum Gasteiger partial charge on any atom is -0.423 e. The van der Waals surface area contributed by atoms with E-state index in [1.807, 2.05) is 39.9 Å². The Morgan fingerprint density at radius 2 is 1.90 bits per heavy atom. The number of nitrogens with one attached hydrogen (secondary N) is 2. The van der Waals surface area contributed by atoms with Gasteiger partial charge in [-0.1, -0.05) is 19.0 Å². The molecule has 4 nitrogen and oxygen atoms in total. The Morgan fingerprint density at radius 3 is 2.35 bits per heavy atom. The second kappa shape index (κ2) is 5.98. The number of allylic oxidation sites excluding steroid dienone is 5. The van der Waals surface area contributed by atoms with Gasteiger partial charge in [-0.2, -0.15) is 0 Å². The van der Waals surface area contributed by atoms with Crippen LogP contribution in [0.4, 0.5) is 0 Å². The SMILES string of the molecule is CN/C=C1/C=CC(B(C)OC(C)(C)C(C)(C)O)=CC1=N. The van der Waals surface area contributed by atoms with Gasteiger partial charge in [-0.05, 0) is 39.2 Å². The smallest absolute Gasteiger partial charge is 0.324 e. The molecular formula is C15H25BN2O2. The third-order valence-corrected chi connectivity index (χ3v) is 3.79. The van der Waals surface area contributed by atoms with Crippen LogP contribution in [0, 0.1) is 5.41 Å². The van der Waals surface area contributed by atoms with Crippen molar-refractivity contribution >= 4 is 12.6 Å². The molecule has 1 aliphatic carbocycles. The summed E-state index contributed by atoms with van der Waals surface area (Å²) in [4.78, 5) is 0. The molecule has 0 aliphatic heterocycles. The maximum absolute atomic E-state index is 10.1. The fourth-order valence-corrected chi connectivity index (χ4v) is 1.76. The summed E-state index contributed by atoms with van der Waals surface area (Å²) in [6, 6.07) is 0. The Bertz CT molecular complexity index is 471. The maximum atomic E-state index is 10.1. The van der Waals surface area contributed by atoms with E-state index >= 15 is 0 Å². The highest BCUT2D eigenvalue weighted by atomic mass is 16.5. The highest BCUT2D eigenvalue weighted by Gasteiger charge is 2.38. The molecule has 0 aromatic rings. The first-order chi connectivity index (χ1) is 9.08. The minimum absolute atomic E-state index is 0.191. The van der Waals surface area contributed by atoms with Crippen molar-refractivity contribution in [2.75, 3.05) is 7.05 Å². The molecule has 3 N–H and O–H groups in total. The third-order valence-electron chi connectivity index (χ3n) is 3.79. The minimum atomic E-state index is -0.940. The van der Waals surface area contributed by atoms with Gasteiger partial charge < -0.3 is 20.5 Å². The van der Waals surface area contributed by atoms with Crippen molar-refractivity contribution in [2.24, 2.45) is 0 Å². The first-order valence-electron chi connectivity index (χ1n) is 6.84. The van der Waals surface area contributed by atoms with Gasteiger partial charge in [0.1, 0.15) is 0 Å². The number of hydrogen-bond donors (Lipinski definition) is 3. The molecule has 0 atom stereocenters. The molecule has 0 radical (unpaired) electrons. The Kier molecular flexibility index (Phi) is 5.00. The molecule has 0 aromatic heterocycles. The van der Waals surface area contributed by atoms with Crippen molar-refractivity contribution in [2.45, 2.75) is 45.7 Å². The van der Waals surface area contributed by atoms with E-state index in [0.717, 1.165) is 11.0 Å². The average Bonchev–Trinajstić information content (AvgIpc) is 2.29. The van der Waals surface area contributed by atoms with Gasteiger partial charge >= 0.3 is 6.92 Å². The van der Waals surface area contributed by atoms with E-state index in [1.54, 1.807) is 26.1 Å². The van der Waals surface area contributed by atoms with Crippen molar-refractivity contribution in [3.8, 4) is 0 Å². The van der Waals surface area contributed by atoms with E-state index in [-0.39, 0.29) is 6.92 Å². The topological polar surface area (TPSA) is 65.3 Å². The molecule has 20 heavy (non-hydrogen) atoms. The third kappa shape index (κ3) is 3.84. The zero-order valence-electron chi connectivity index (χ0n) is 13.2. The predicted molar refractivity (Wildman–Crippen MR) is 85.2 cm³/mol. The quantitative estimate of drug-likeness (QED) is 0.675. The summed E-state index contributed by atoms with van der Waals surface area (Å²) >= 11 is 0. The van der Waals surface area contributed by atoms with Crippen molar-refractivity contribution in [1.82, 2.24) is 5.32 Å². The second-order valence-corrected chi connectivity index (χ2v) is 6.11. The molecule has 0 fully saturated rings. The number of rotatable bonds is 5. The van der Waals surface area contributed by atoms with Crippen LogP contribution in [-0.4, -0.2) is 36.0 Å². The Hall–Kier alpha value is -1.33. The standard InChI is InChI=1S/C15H25BN2O2/c1-14(2,19)15(3,4)20-16(5)12-8-7-11(10-18-6)13(17)9-12/h7-10,17-19H,1-6H3/b11-10-,17-13?. The van der Waals surface area contributed by atoms with Gasteiger partial charge in [-0.25, -0.2) is 0 Å². The normalized spacial score (nSPS) is 18.2. The zero-order valence-corrected chi connectivity index (χ0v) is 13.2. The second-order valence-electron chi connectivity index (χ2n) is 6.11. The molecule has 0 spiro atoms. The van der Waals surface area contributed by atoms with Crippen molar-refractivity contribution in [3.05, 3.63) is 35.5 Å². The van der Waals surface area contributed by atoms with Crippen molar-refractivity contribution in [3.63, 3.8) is 0 Å². The van der Waals surface area contributed by atoms with Crippen LogP contribution in [0.1, 0.15) is 27.7 Å². The molecule has 0 saturated carbocycles. The summed E-state index contributed by atoms with van der Waals surface area (Å²) in [6.07, 6.45) is 7.43. The van der Waals surface area contributed by atoms with Crippen molar-refractivity contribution < 1.29 is 9.76 Å². The lowest BCUT2D eigenvalue weighted by atomic mass is 9.60. The highest BCUT2D eigenvalue weighted by molar-refractivity contribution is 6.61. The first-order valence-corrected chi connectivity index (χ1v) is 6.84. The zero-order chi connectivity index (χ0) is 15.6. The lowest BCUT2D eigenvalue weighted by Crippen LogP contribution is -2.50. The summed E-state index contributed by atoms with van der Waals surface area (Å²) in [6.45, 7) is 8.96. The average molecular weight is 276 g/mol. The lowest BCUT2D eigenvalue weighted by Gasteiger charge is -2.39. The predicted octanol–water partition coefficient (Wildman–Crippen LogP) is 2.33. The van der Waals surface area contributed by atoms with Gasteiger partial charge in [0.05, 0.1) is 16.9 Å². The molecule has 0 bridgehead atoms. The summed E-state index contributed by atoms with van der Waals surface area (Å²) in [5.41, 5.74) is 0.606. The molecule has 0 aromatic carbocycles. The van der Waals surface area contributed by atoms with E-state index in [9.17, 15) is 5.11 Å². The van der Waals surface area contributed by atoms with Crippen LogP contribution in [0.25, 0.3) is 0 Å². The molecule has 1 rings (SSSR count). The molecule has 5 heteroatoms. The monoisotopic (exact) mass is 276 g/mol. The van der Waals surface area contributed by atoms with Gasteiger partial charge in [-0.15, -0.1) is 0 Å². The molecule has 0 unspecified atom stereocenters. The van der Waals surface area contributed by atoms with Gasteiger partial charge in [0.25, 0.3) is 0 Å². The Labute approximate surface area is 122 Å². The van der Waals surface area contributed by atoms with E-state index in [2.05, 4.69) is 5.32 Å². The summed E-state index contributed by atoms with van der Waals surface area (Å²) in [5, 5.41) is 21.0. The van der Waals surface area contributed by atoms with Gasteiger partial charge in [0, 0.05) is 18.8 Å². The van der Waals surface area contributed by atoms with Crippen LogP contribution in [-0.2, 0) is 4.65 Å². The molecule has 0 amide bonds. The number of aliphatic hydroxyl groups is 1. The fraction of sp³-hybridized carbons (Fsp3) is 0.533. The van der Waals surface area contributed by atoms with Gasteiger partial charge in [-0.3, -0.25) is 0 Å². The Balaban J connectivity index is 2.84. The van der Waals surface area contributed by atoms with Crippen LogP contribution in [0.2, 0.25) is 6.82 Å². The lowest BCUT2D eigenvalue weighted by molar-refractivity contribution is -0.0921. The molecule has 0 heterocycles. The molecule has 0 saturated heterocycles.